The first-order valence-electron chi connectivity index (χ1n) is 7.16. The Morgan fingerprint density at radius 1 is 1.35 bits per heavy atom. The summed E-state index contributed by atoms with van der Waals surface area (Å²) in [5.74, 6) is 0. The Hall–Kier alpha value is -0.120. The zero-order valence-electron chi connectivity index (χ0n) is 11.5. The fourth-order valence-corrected chi connectivity index (χ4v) is 2.92. The number of likely N-dealkylation sites (tertiary alicyclic amines) is 1. The summed E-state index contributed by atoms with van der Waals surface area (Å²) >= 11 is 0. The molecule has 1 aliphatic heterocycles. The minimum Gasteiger partial charge on any atom is -0.385 e. The van der Waals surface area contributed by atoms with Crippen molar-refractivity contribution in [3.63, 3.8) is 0 Å². The summed E-state index contributed by atoms with van der Waals surface area (Å²) in [6.07, 6.45) is 8.18. The minimum atomic E-state index is 0.587. The van der Waals surface area contributed by atoms with E-state index >= 15 is 0 Å². The van der Waals surface area contributed by atoms with Crippen molar-refractivity contribution in [1.29, 1.82) is 0 Å². The molecule has 100 valence electrons. The van der Waals surface area contributed by atoms with Crippen molar-refractivity contribution in [2.24, 2.45) is 5.41 Å². The highest BCUT2D eigenvalue weighted by molar-refractivity contribution is 4.95. The molecule has 2 rings (SSSR count). The molecule has 17 heavy (non-hydrogen) atoms. The summed E-state index contributed by atoms with van der Waals surface area (Å²) < 4.78 is 5.20. The van der Waals surface area contributed by atoms with E-state index in [1.54, 1.807) is 7.11 Å². The van der Waals surface area contributed by atoms with Crippen LogP contribution in [0.4, 0.5) is 0 Å². The summed E-state index contributed by atoms with van der Waals surface area (Å²) in [5.41, 5.74) is 0.587. The van der Waals surface area contributed by atoms with Crippen molar-refractivity contribution in [1.82, 2.24) is 10.2 Å². The third-order valence-corrected chi connectivity index (χ3v) is 4.60. The monoisotopic (exact) mass is 240 g/mol. The Kier molecular flexibility index (Phi) is 4.83. The summed E-state index contributed by atoms with van der Waals surface area (Å²) in [6, 6.07) is 0.766. The molecule has 2 fully saturated rings. The van der Waals surface area contributed by atoms with E-state index in [0.717, 1.165) is 12.6 Å². The smallest absolute Gasteiger partial charge is 0.0468 e. The highest BCUT2D eigenvalue weighted by Crippen LogP contribution is 2.48. The van der Waals surface area contributed by atoms with Gasteiger partial charge in [-0.3, -0.25) is 0 Å². The largest absolute Gasteiger partial charge is 0.385 e. The van der Waals surface area contributed by atoms with Gasteiger partial charge in [0.05, 0.1) is 0 Å². The molecule has 0 aromatic heterocycles. The molecule has 1 heterocycles. The maximum atomic E-state index is 5.20. The van der Waals surface area contributed by atoms with Crippen LogP contribution in [0.2, 0.25) is 0 Å². The molecule has 0 spiro atoms. The van der Waals surface area contributed by atoms with Crippen LogP contribution in [0.1, 0.15) is 38.5 Å². The first kappa shape index (κ1) is 13.3. The van der Waals surface area contributed by atoms with Crippen molar-refractivity contribution < 1.29 is 4.74 Å². The number of rotatable bonds is 7. The van der Waals surface area contributed by atoms with E-state index < -0.39 is 0 Å². The zero-order chi connectivity index (χ0) is 12.1. The highest BCUT2D eigenvalue weighted by Gasteiger charge is 2.41. The number of nitrogens with one attached hydrogen (secondary N) is 1. The van der Waals surface area contributed by atoms with E-state index in [0.29, 0.717) is 5.41 Å². The van der Waals surface area contributed by atoms with Crippen molar-refractivity contribution in [3.05, 3.63) is 0 Å². The van der Waals surface area contributed by atoms with E-state index in [4.69, 9.17) is 4.74 Å². The van der Waals surface area contributed by atoms with E-state index in [1.807, 2.05) is 0 Å². The lowest BCUT2D eigenvalue weighted by Gasteiger charge is -2.33. The van der Waals surface area contributed by atoms with Gasteiger partial charge in [-0.25, -0.2) is 0 Å². The van der Waals surface area contributed by atoms with Gasteiger partial charge in [-0.1, -0.05) is 6.42 Å². The second kappa shape index (κ2) is 6.17. The first-order chi connectivity index (χ1) is 8.26. The summed E-state index contributed by atoms with van der Waals surface area (Å²) in [4.78, 5) is 2.52. The third-order valence-electron chi connectivity index (χ3n) is 4.60. The maximum absolute atomic E-state index is 5.20. The van der Waals surface area contributed by atoms with Crippen LogP contribution >= 0.6 is 0 Å². The van der Waals surface area contributed by atoms with Gasteiger partial charge in [-0.05, 0) is 51.1 Å². The fraction of sp³-hybridized carbons (Fsp3) is 1.00. The number of piperidine rings is 1. The highest BCUT2D eigenvalue weighted by atomic mass is 16.5. The van der Waals surface area contributed by atoms with Gasteiger partial charge >= 0.3 is 0 Å². The molecular formula is C14H28N2O. The molecule has 0 aromatic carbocycles. The van der Waals surface area contributed by atoms with E-state index in [2.05, 4.69) is 17.3 Å². The van der Waals surface area contributed by atoms with Gasteiger partial charge in [0.15, 0.2) is 0 Å². The Morgan fingerprint density at radius 2 is 2.18 bits per heavy atom. The molecule has 1 saturated heterocycles. The maximum Gasteiger partial charge on any atom is 0.0468 e. The number of methoxy groups -OCH3 is 1. The molecule has 1 atom stereocenters. The molecule has 1 saturated carbocycles. The lowest BCUT2D eigenvalue weighted by molar-refractivity contribution is 0.163. The summed E-state index contributed by atoms with van der Waals surface area (Å²) in [5, 5.41) is 3.70. The van der Waals surface area contributed by atoms with Crippen molar-refractivity contribution in [2.45, 2.75) is 44.6 Å². The minimum absolute atomic E-state index is 0.587. The van der Waals surface area contributed by atoms with Crippen LogP contribution in [-0.4, -0.2) is 51.3 Å². The number of hydrogen-bond donors (Lipinski definition) is 1. The fourth-order valence-electron chi connectivity index (χ4n) is 2.92. The Labute approximate surface area is 106 Å². The quantitative estimate of drug-likeness (QED) is 0.735. The molecule has 0 bridgehead atoms. The molecular weight excluding hydrogens is 212 g/mol. The average molecular weight is 240 g/mol. The predicted molar refractivity (Wildman–Crippen MR) is 71.3 cm³/mol. The molecule has 1 unspecified atom stereocenters. The van der Waals surface area contributed by atoms with E-state index in [-0.39, 0.29) is 0 Å². The average Bonchev–Trinajstić information content (AvgIpc) is 3.10. The van der Waals surface area contributed by atoms with Crippen molar-refractivity contribution in [2.75, 3.05) is 40.4 Å². The second-order valence-electron chi connectivity index (χ2n) is 6.00. The lowest BCUT2D eigenvalue weighted by atomic mass is 10.0. The predicted octanol–water partition coefficient (Wildman–Crippen LogP) is 1.88. The van der Waals surface area contributed by atoms with Crippen LogP contribution < -0.4 is 5.32 Å². The number of ether oxygens (including phenoxy) is 1. The second-order valence-corrected chi connectivity index (χ2v) is 6.00. The third kappa shape index (κ3) is 3.94. The van der Waals surface area contributed by atoms with Crippen molar-refractivity contribution >= 4 is 0 Å². The molecule has 1 aliphatic carbocycles. The lowest BCUT2D eigenvalue weighted by Crippen LogP contribution is -2.44. The Balaban J connectivity index is 1.62. The summed E-state index contributed by atoms with van der Waals surface area (Å²) in [6.45, 7) is 4.57. The Morgan fingerprint density at radius 3 is 2.82 bits per heavy atom. The van der Waals surface area contributed by atoms with Gasteiger partial charge in [0.25, 0.3) is 0 Å². The van der Waals surface area contributed by atoms with Crippen LogP contribution in [0.5, 0.6) is 0 Å². The van der Waals surface area contributed by atoms with Gasteiger partial charge in [0.2, 0.25) is 0 Å². The number of hydrogen-bond acceptors (Lipinski definition) is 3. The van der Waals surface area contributed by atoms with Gasteiger partial charge in [0.1, 0.15) is 0 Å². The van der Waals surface area contributed by atoms with E-state index in [9.17, 15) is 0 Å². The number of likely N-dealkylation sites (N-methyl/N-ethyl adjacent to an activating group) is 1. The number of nitrogens with zero attached hydrogens (tertiary/aromatic N) is 1. The molecule has 3 nitrogen and oxygen atoms in total. The van der Waals surface area contributed by atoms with Gasteiger partial charge in [-0.2, -0.15) is 0 Å². The van der Waals surface area contributed by atoms with Crippen LogP contribution in [0, 0.1) is 5.41 Å². The molecule has 0 radical (unpaired) electrons. The van der Waals surface area contributed by atoms with Crippen molar-refractivity contribution in [3.8, 4) is 0 Å². The zero-order valence-corrected chi connectivity index (χ0v) is 11.5. The molecule has 0 aromatic rings. The normalized spacial score (nSPS) is 28.2. The van der Waals surface area contributed by atoms with Gasteiger partial charge < -0.3 is 15.0 Å². The van der Waals surface area contributed by atoms with Crippen LogP contribution in [-0.2, 0) is 4.74 Å². The van der Waals surface area contributed by atoms with Crippen LogP contribution in [0.25, 0.3) is 0 Å². The summed E-state index contributed by atoms with van der Waals surface area (Å²) in [7, 11) is 4.07. The standard InChI is InChI=1S/C14H28N2O/c1-16-9-4-3-5-13(16)11-15-12-14(6-7-14)8-10-17-2/h13,15H,3-12H2,1-2H3. The molecule has 1 N–H and O–H groups in total. The SMILES string of the molecule is COCCC1(CNCC2CCCCN2C)CC1. The van der Waals surface area contributed by atoms with Gasteiger partial charge in [0, 0.05) is 32.8 Å². The van der Waals surface area contributed by atoms with Crippen LogP contribution in [0.3, 0.4) is 0 Å². The van der Waals surface area contributed by atoms with E-state index in [1.165, 1.54) is 58.2 Å². The van der Waals surface area contributed by atoms with Crippen LogP contribution in [0.15, 0.2) is 0 Å². The molecule has 2 aliphatic rings. The molecule has 0 amide bonds. The topological polar surface area (TPSA) is 24.5 Å². The van der Waals surface area contributed by atoms with Gasteiger partial charge in [-0.15, -0.1) is 0 Å². The first-order valence-corrected chi connectivity index (χ1v) is 7.16. The molecule has 3 heteroatoms. The Bertz CT molecular complexity index is 228.